The molecule has 0 aromatic carbocycles. The van der Waals surface area contributed by atoms with Crippen molar-refractivity contribution in [1.82, 2.24) is 5.43 Å². The molecule has 4 heteroatoms. The standard InChI is InChI=1S/C12H21ClN2S/c1-4-9(5-2)6-10(15-14)12-11(13)8(3)7-16-12/h7,9-10,15H,4-6,14H2,1-3H3. The molecule has 0 bridgehead atoms. The van der Waals surface area contributed by atoms with E-state index in [0.717, 1.165) is 17.0 Å². The summed E-state index contributed by atoms with van der Waals surface area (Å²) in [6.07, 6.45) is 3.44. The van der Waals surface area contributed by atoms with Crippen molar-refractivity contribution in [2.45, 2.75) is 46.1 Å². The van der Waals surface area contributed by atoms with Gasteiger partial charge in [-0.2, -0.15) is 0 Å². The highest BCUT2D eigenvalue weighted by molar-refractivity contribution is 7.10. The van der Waals surface area contributed by atoms with Crippen LogP contribution >= 0.6 is 22.9 Å². The fourth-order valence-corrected chi connectivity index (χ4v) is 3.29. The molecule has 1 aromatic rings. The molecular weight excluding hydrogens is 240 g/mol. The molecule has 1 unspecified atom stereocenters. The van der Waals surface area contributed by atoms with E-state index in [1.807, 2.05) is 6.92 Å². The van der Waals surface area contributed by atoms with Crippen LogP contribution in [0, 0.1) is 12.8 Å². The van der Waals surface area contributed by atoms with Gasteiger partial charge in [-0.3, -0.25) is 11.3 Å². The monoisotopic (exact) mass is 260 g/mol. The molecule has 1 heterocycles. The molecule has 0 aliphatic heterocycles. The lowest BCUT2D eigenvalue weighted by atomic mass is 9.94. The summed E-state index contributed by atoms with van der Waals surface area (Å²) >= 11 is 7.96. The largest absolute Gasteiger partial charge is 0.271 e. The number of nitrogens with two attached hydrogens (primary N) is 1. The summed E-state index contributed by atoms with van der Waals surface area (Å²) in [5, 5.41) is 2.97. The maximum absolute atomic E-state index is 6.27. The average molecular weight is 261 g/mol. The second kappa shape index (κ2) is 6.60. The van der Waals surface area contributed by atoms with Gasteiger partial charge in [-0.1, -0.05) is 38.3 Å². The molecule has 1 rings (SSSR count). The number of rotatable bonds is 6. The maximum atomic E-state index is 6.27. The minimum atomic E-state index is 0.191. The smallest absolute Gasteiger partial charge is 0.0590 e. The van der Waals surface area contributed by atoms with Crippen LogP contribution in [0.1, 0.15) is 49.6 Å². The number of nitrogens with one attached hydrogen (secondary N) is 1. The number of hydrogen-bond donors (Lipinski definition) is 2. The van der Waals surface area contributed by atoms with E-state index in [-0.39, 0.29) is 6.04 Å². The van der Waals surface area contributed by atoms with Crippen molar-refractivity contribution in [3.63, 3.8) is 0 Å². The summed E-state index contributed by atoms with van der Waals surface area (Å²) in [7, 11) is 0. The van der Waals surface area contributed by atoms with Gasteiger partial charge in [0, 0.05) is 4.88 Å². The van der Waals surface area contributed by atoms with E-state index in [9.17, 15) is 0 Å². The van der Waals surface area contributed by atoms with Crippen LogP contribution in [-0.4, -0.2) is 0 Å². The van der Waals surface area contributed by atoms with Crippen molar-refractivity contribution in [3.8, 4) is 0 Å². The first-order chi connectivity index (χ1) is 7.63. The molecule has 0 fully saturated rings. The second-order valence-corrected chi connectivity index (χ2v) is 5.52. The topological polar surface area (TPSA) is 38.0 Å². The third-order valence-electron chi connectivity index (χ3n) is 3.17. The first-order valence-corrected chi connectivity index (χ1v) is 7.09. The van der Waals surface area contributed by atoms with Gasteiger partial charge in [-0.25, -0.2) is 0 Å². The molecule has 0 saturated carbocycles. The van der Waals surface area contributed by atoms with Crippen LogP contribution in [0.25, 0.3) is 0 Å². The van der Waals surface area contributed by atoms with Crippen LogP contribution < -0.4 is 11.3 Å². The Bertz CT molecular complexity index is 321. The molecule has 0 aliphatic rings. The number of hydrogen-bond acceptors (Lipinski definition) is 3. The highest BCUT2D eigenvalue weighted by atomic mass is 35.5. The average Bonchev–Trinajstić information content (AvgIpc) is 2.62. The fraction of sp³-hybridized carbons (Fsp3) is 0.667. The number of halogens is 1. The Morgan fingerprint density at radius 3 is 2.44 bits per heavy atom. The van der Waals surface area contributed by atoms with Crippen molar-refractivity contribution in [1.29, 1.82) is 0 Å². The van der Waals surface area contributed by atoms with Crippen molar-refractivity contribution in [2.75, 3.05) is 0 Å². The normalized spacial score (nSPS) is 13.4. The Hall–Kier alpha value is -0.0900. The van der Waals surface area contributed by atoms with Crippen molar-refractivity contribution in [2.24, 2.45) is 11.8 Å². The Morgan fingerprint density at radius 2 is 2.06 bits per heavy atom. The van der Waals surface area contributed by atoms with E-state index in [2.05, 4.69) is 24.7 Å². The van der Waals surface area contributed by atoms with E-state index in [4.69, 9.17) is 17.4 Å². The summed E-state index contributed by atoms with van der Waals surface area (Å²) in [5.74, 6) is 6.35. The van der Waals surface area contributed by atoms with Crippen LogP contribution in [0.5, 0.6) is 0 Å². The van der Waals surface area contributed by atoms with Crippen LogP contribution in [0.3, 0.4) is 0 Å². The van der Waals surface area contributed by atoms with E-state index in [0.29, 0.717) is 5.92 Å². The summed E-state index contributed by atoms with van der Waals surface area (Å²) in [4.78, 5) is 1.17. The van der Waals surface area contributed by atoms with Gasteiger partial charge >= 0.3 is 0 Å². The zero-order chi connectivity index (χ0) is 12.1. The Balaban J connectivity index is 2.78. The molecule has 1 atom stereocenters. The van der Waals surface area contributed by atoms with Gasteiger partial charge in [0.1, 0.15) is 0 Å². The van der Waals surface area contributed by atoms with Gasteiger partial charge < -0.3 is 0 Å². The summed E-state index contributed by atoms with van der Waals surface area (Å²) in [5.41, 5.74) is 4.04. The van der Waals surface area contributed by atoms with Crippen LogP contribution in [0.4, 0.5) is 0 Å². The molecule has 0 spiro atoms. The second-order valence-electron chi connectivity index (χ2n) is 4.23. The predicted octanol–water partition coefficient (Wildman–Crippen LogP) is 4.04. The Kier molecular flexibility index (Phi) is 5.76. The lowest BCUT2D eigenvalue weighted by Crippen LogP contribution is -2.29. The Labute approximate surface area is 107 Å². The third kappa shape index (κ3) is 3.20. The van der Waals surface area contributed by atoms with Gasteiger partial charge in [0.05, 0.1) is 11.1 Å². The van der Waals surface area contributed by atoms with E-state index in [1.54, 1.807) is 11.3 Å². The predicted molar refractivity (Wildman–Crippen MR) is 72.8 cm³/mol. The van der Waals surface area contributed by atoms with Gasteiger partial charge in [0.25, 0.3) is 0 Å². The third-order valence-corrected chi connectivity index (χ3v) is 4.99. The summed E-state index contributed by atoms with van der Waals surface area (Å²) < 4.78 is 0. The molecule has 1 aromatic heterocycles. The van der Waals surface area contributed by atoms with Gasteiger partial charge in [0.2, 0.25) is 0 Å². The quantitative estimate of drug-likeness (QED) is 0.598. The number of hydrazine groups is 1. The molecule has 16 heavy (non-hydrogen) atoms. The summed E-state index contributed by atoms with van der Waals surface area (Å²) in [6, 6.07) is 0.191. The molecule has 0 radical (unpaired) electrons. The van der Waals surface area contributed by atoms with E-state index < -0.39 is 0 Å². The van der Waals surface area contributed by atoms with Gasteiger partial charge in [-0.05, 0) is 30.2 Å². The fourth-order valence-electron chi connectivity index (χ4n) is 1.89. The molecule has 0 amide bonds. The zero-order valence-corrected chi connectivity index (χ0v) is 11.8. The van der Waals surface area contributed by atoms with Crippen LogP contribution in [-0.2, 0) is 0 Å². The molecule has 0 saturated heterocycles. The lowest BCUT2D eigenvalue weighted by Gasteiger charge is -2.20. The highest BCUT2D eigenvalue weighted by Gasteiger charge is 2.19. The van der Waals surface area contributed by atoms with E-state index in [1.165, 1.54) is 17.7 Å². The zero-order valence-electron chi connectivity index (χ0n) is 10.2. The Morgan fingerprint density at radius 1 is 1.44 bits per heavy atom. The lowest BCUT2D eigenvalue weighted by molar-refractivity contribution is 0.378. The van der Waals surface area contributed by atoms with Gasteiger partial charge in [-0.15, -0.1) is 11.3 Å². The summed E-state index contributed by atoms with van der Waals surface area (Å²) in [6.45, 7) is 6.49. The first kappa shape index (κ1) is 14.0. The molecule has 92 valence electrons. The van der Waals surface area contributed by atoms with Crippen LogP contribution in [0.2, 0.25) is 5.02 Å². The van der Waals surface area contributed by atoms with E-state index >= 15 is 0 Å². The van der Waals surface area contributed by atoms with Crippen LogP contribution in [0.15, 0.2) is 5.38 Å². The molecule has 0 aliphatic carbocycles. The maximum Gasteiger partial charge on any atom is 0.0590 e. The number of aryl methyl sites for hydroxylation is 1. The van der Waals surface area contributed by atoms with Crippen molar-refractivity contribution >= 4 is 22.9 Å². The minimum absolute atomic E-state index is 0.191. The molecular formula is C12H21ClN2S. The minimum Gasteiger partial charge on any atom is -0.271 e. The first-order valence-electron chi connectivity index (χ1n) is 5.83. The highest BCUT2D eigenvalue weighted by Crippen LogP contribution is 2.35. The SMILES string of the molecule is CCC(CC)CC(NN)c1scc(C)c1Cl. The molecule has 3 N–H and O–H groups in total. The van der Waals surface area contributed by atoms with Crippen molar-refractivity contribution in [3.05, 3.63) is 20.8 Å². The number of thiophene rings is 1. The van der Waals surface area contributed by atoms with Gasteiger partial charge in [0.15, 0.2) is 0 Å². The molecule has 2 nitrogen and oxygen atoms in total. The van der Waals surface area contributed by atoms with Crippen molar-refractivity contribution < 1.29 is 0 Å².